The summed E-state index contributed by atoms with van der Waals surface area (Å²) in [5, 5.41) is 69.8. The van der Waals surface area contributed by atoms with Crippen molar-refractivity contribution >= 4 is 124 Å². The fourth-order valence-electron chi connectivity index (χ4n) is 7.68. The highest BCUT2D eigenvalue weighted by Crippen LogP contribution is 2.08. The molecule has 540 valence electrons. The minimum Gasteiger partial charge on any atom is -0.481 e. The Morgan fingerprint density at radius 2 is 0.542 bits per heavy atom. The Bertz CT molecular complexity index is 2850. The molecule has 0 aromatic heterocycles. The number of amides is 17. The Labute approximate surface area is 554 Å². The van der Waals surface area contributed by atoms with Gasteiger partial charge < -0.3 is 118 Å². The number of rotatable bonds is 45. The molecule has 0 aliphatic heterocycles. The predicted octanol–water partition coefficient (Wildman–Crippen LogP) is -11.6. The van der Waals surface area contributed by atoms with E-state index in [9.17, 15) is 112 Å². The number of aliphatic carboxylic acids is 2. The smallest absolute Gasteiger partial charge is 0.326 e. The molecule has 0 saturated heterocycles. The number of hydrogen-bond acceptors (Lipinski definition) is 23. The fraction of sp³-hybridized carbons (Fsp3) is 0.648. The van der Waals surface area contributed by atoms with Crippen LogP contribution in [0.1, 0.15) is 107 Å². The topological polar surface area (TPSA) is 678 Å². The predicted molar refractivity (Wildman–Crippen MR) is 333 cm³/mol. The summed E-state index contributed by atoms with van der Waals surface area (Å²) in [5.74, 6) is -20.3. The third-order valence-electron chi connectivity index (χ3n) is 13.5. The summed E-state index contributed by atoms with van der Waals surface area (Å²) in [7, 11) is 0. The van der Waals surface area contributed by atoms with Gasteiger partial charge in [-0.1, -0.05) is 0 Å². The Morgan fingerprint density at radius 3 is 0.781 bits per heavy atom. The Kier molecular flexibility index (Phi) is 38.8. The lowest BCUT2D eigenvalue weighted by Crippen LogP contribution is -2.61. The van der Waals surface area contributed by atoms with Crippen molar-refractivity contribution in [2.75, 3.05) is 25.2 Å². The van der Waals surface area contributed by atoms with E-state index in [-0.39, 0.29) is 0 Å². The number of nitrogens with one attached hydrogen (secondary N) is 14. The molecule has 0 aliphatic rings. The van der Waals surface area contributed by atoms with E-state index in [2.05, 4.69) is 58.5 Å². The van der Waals surface area contributed by atoms with Gasteiger partial charge in [0.05, 0.1) is 25.7 Å². The molecular formula is C54H90N18O23S. The molecule has 0 unspecified atom stereocenters. The van der Waals surface area contributed by atoms with Crippen LogP contribution < -0.4 is 97.4 Å². The third-order valence-corrected chi connectivity index (χ3v) is 14.2. The minimum absolute atomic E-state index is 0.373. The van der Waals surface area contributed by atoms with Crippen LogP contribution in [0.4, 0.5) is 0 Å². The molecule has 41 nitrogen and oxygen atoms in total. The molecule has 0 fully saturated rings. The van der Waals surface area contributed by atoms with Crippen LogP contribution in [0.25, 0.3) is 0 Å². The maximum absolute atomic E-state index is 13.8. The summed E-state index contributed by atoms with van der Waals surface area (Å²) >= 11 is 1.49. The van der Waals surface area contributed by atoms with Gasteiger partial charge >= 0.3 is 11.9 Å². The van der Waals surface area contributed by atoms with Crippen LogP contribution in [-0.4, -0.2) is 249 Å². The number of carbonyl (C=O) groups is 19. The van der Waals surface area contributed by atoms with Crippen molar-refractivity contribution in [3.63, 3.8) is 0 Å². The van der Waals surface area contributed by atoms with Gasteiger partial charge in [0.1, 0.15) is 84.6 Å². The van der Waals surface area contributed by atoms with Crippen LogP contribution in [0.5, 0.6) is 0 Å². The van der Waals surface area contributed by atoms with Crippen molar-refractivity contribution in [2.45, 2.75) is 197 Å². The second-order valence-corrected chi connectivity index (χ2v) is 22.9. The molecule has 0 aromatic rings. The molecule has 0 heterocycles. The monoisotopic (exact) mass is 1390 g/mol. The first-order valence-electron chi connectivity index (χ1n) is 29.6. The summed E-state index contributed by atoms with van der Waals surface area (Å²) in [4.78, 5) is 242. The van der Waals surface area contributed by atoms with Gasteiger partial charge in [-0.2, -0.15) is 11.8 Å². The first kappa shape index (κ1) is 86.2. The number of carbonyl (C=O) groups excluding carboxylic acids is 17. The van der Waals surface area contributed by atoms with E-state index < -0.39 is 261 Å². The number of primary amides is 3. The van der Waals surface area contributed by atoms with Gasteiger partial charge in [0.2, 0.25) is 100 Å². The molecule has 0 radical (unpaired) electrons. The average molecular weight is 1390 g/mol. The lowest BCUT2D eigenvalue weighted by molar-refractivity contribution is -0.144. The number of aliphatic hydroxyl groups excluding tert-OH is 2. The molecule has 42 heteroatoms. The summed E-state index contributed by atoms with van der Waals surface area (Å²) in [6.45, 7) is 7.56. The molecule has 0 saturated carbocycles. The van der Waals surface area contributed by atoms with Crippen molar-refractivity contribution in [1.82, 2.24) is 74.4 Å². The van der Waals surface area contributed by atoms with Crippen LogP contribution in [0, 0.1) is 0 Å². The standard InChI is InChI=1S/C54H90N18O23S/c1-21(60-42(82)23(3)62-44(84)25(5)64-46(86)27(7)66-48(88)29(55)16-17-96-9)40(80)59-22(2)41(81)61-24(4)43(83)63-26(6)45(85)65-28(8)47(87)67-32(12-15-39(78)79)50(90)68-30(10-13-36(56)75)49(89)69-31(11-14-37(57)76)51(91)71-35(20-74)53(93)72-34(19-73)52(92)70-33(54(94)95)18-38(58)77/h21-35,73-74H,10-20,55H2,1-9H3,(H2,56,75)(H2,57,76)(H2,58,77)(H,59,80)(H,60,82)(H,61,81)(H,62,84)(H,63,83)(H,64,86)(H,65,85)(H,66,88)(H,67,87)(H,68,90)(H,69,89)(H,70,92)(H,71,91)(H,72,93)(H,78,79)(H,94,95)/t21-,22-,23-,24-,25-,26-,27-,28-,29-,30-,31-,32-,33-,34-,35-/m0/s1. The number of aliphatic hydroxyl groups is 2. The van der Waals surface area contributed by atoms with E-state index in [1.54, 1.807) is 0 Å². The number of hydrogen-bond donors (Lipinski definition) is 22. The van der Waals surface area contributed by atoms with E-state index >= 15 is 0 Å². The largest absolute Gasteiger partial charge is 0.481 e. The van der Waals surface area contributed by atoms with Crippen molar-refractivity contribution in [3.8, 4) is 0 Å². The molecular weight excluding hydrogens is 1300 g/mol. The lowest BCUT2D eigenvalue weighted by Gasteiger charge is -2.27. The normalized spacial score (nSPS) is 15.5. The van der Waals surface area contributed by atoms with Crippen molar-refractivity contribution < 1.29 is 112 Å². The molecule has 0 bridgehead atoms. The van der Waals surface area contributed by atoms with E-state index in [1.165, 1.54) is 60.2 Å². The van der Waals surface area contributed by atoms with E-state index in [4.69, 9.17) is 22.9 Å². The highest BCUT2D eigenvalue weighted by molar-refractivity contribution is 7.98. The number of nitrogens with two attached hydrogens (primary N) is 4. The zero-order valence-corrected chi connectivity index (χ0v) is 55.0. The molecule has 26 N–H and O–H groups in total. The molecule has 0 rings (SSSR count). The van der Waals surface area contributed by atoms with Crippen molar-refractivity contribution in [3.05, 3.63) is 0 Å². The van der Waals surface area contributed by atoms with Gasteiger partial charge in [-0.05, 0) is 93.1 Å². The molecule has 0 aromatic carbocycles. The Morgan fingerprint density at radius 1 is 0.312 bits per heavy atom. The van der Waals surface area contributed by atoms with Crippen molar-refractivity contribution in [2.24, 2.45) is 22.9 Å². The minimum atomic E-state index is -2.01. The third kappa shape index (κ3) is 32.8. The summed E-state index contributed by atoms with van der Waals surface area (Å²) in [6, 6.07) is -22.8. The highest BCUT2D eigenvalue weighted by Gasteiger charge is 2.36. The van der Waals surface area contributed by atoms with Gasteiger partial charge in [-0.25, -0.2) is 4.79 Å². The molecule has 17 amide bonds. The van der Waals surface area contributed by atoms with Crippen molar-refractivity contribution in [1.29, 1.82) is 0 Å². The molecule has 96 heavy (non-hydrogen) atoms. The average Bonchev–Trinajstić information content (AvgIpc) is 0.915. The zero-order valence-electron chi connectivity index (χ0n) is 54.2. The molecule has 0 aliphatic carbocycles. The quantitative estimate of drug-likeness (QED) is 0.0269. The first-order chi connectivity index (χ1) is 44.6. The van der Waals surface area contributed by atoms with Crippen LogP contribution in [-0.2, 0) is 91.1 Å². The first-order valence-corrected chi connectivity index (χ1v) is 31.0. The maximum atomic E-state index is 13.8. The Hall–Kier alpha value is -9.84. The highest BCUT2D eigenvalue weighted by atomic mass is 32.2. The van der Waals surface area contributed by atoms with Crippen LogP contribution >= 0.6 is 11.8 Å². The summed E-state index contributed by atoms with van der Waals surface area (Å²) in [6.07, 6.45) is -2.75. The SMILES string of the molecule is CSCC[C@H](N)C(=O)N[C@@H](C)C(=O)N[C@@H](C)C(=O)N[C@@H](C)C(=O)N[C@@H](C)C(=O)N[C@@H](C)C(=O)N[C@@H](C)C(=O)N[C@@H](C)C(=O)N[C@@H](C)C(=O)N[C@@H](CCC(=O)O)C(=O)N[C@@H](CCC(N)=O)C(=O)N[C@@H](CCC(N)=O)C(=O)N[C@@H](CO)C(=O)N[C@@H](CO)C(=O)N[C@@H](CC(N)=O)C(=O)O. The number of thioether (sulfide) groups is 1. The fourth-order valence-corrected chi connectivity index (χ4v) is 8.17. The van der Waals surface area contributed by atoms with Gasteiger partial charge in [-0.15, -0.1) is 0 Å². The number of carboxylic acids is 2. The summed E-state index contributed by atoms with van der Waals surface area (Å²) < 4.78 is 0. The van der Waals surface area contributed by atoms with Gasteiger partial charge in [0.15, 0.2) is 0 Å². The number of carboxylic acid groups (broad SMARTS) is 2. The van der Waals surface area contributed by atoms with Crippen LogP contribution in [0.15, 0.2) is 0 Å². The van der Waals surface area contributed by atoms with E-state index in [1.807, 2.05) is 22.2 Å². The Balaban J connectivity index is 5.90. The van der Waals surface area contributed by atoms with E-state index in [0.717, 1.165) is 6.92 Å². The zero-order chi connectivity index (χ0) is 74.0. The molecule has 15 atom stereocenters. The van der Waals surface area contributed by atoms with Gasteiger partial charge in [-0.3, -0.25) is 86.3 Å². The second-order valence-electron chi connectivity index (χ2n) is 21.9. The van der Waals surface area contributed by atoms with Crippen LogP contribution in [0.3, 0.4) is 0 Å². The van der Waals surface area contributed by atoms with E-state index in [0.29, 0.717) is 12.2 Å². The summed E-state index contributed by atoms with van der Waals surface area (Å²) in [5.41, 5.74) is 21.4. The maximum Gasteiger partial charge on any atom is 0.326 e. The van der Waals surface area contributed by atoms with Gasteiger partial charge in [0, 0.05) is 19.3 Å². The molecule has 0 spiro atoms. The van der Waals surface area contributed by atoms with Gasteiger partial charge in [0.25, 0.3) is 0 Å². The lowest BCUT2D eigenvalue weighted by atomic mass is 10.0. The van der Waals surface area contributed by atoms with Crippen LogP contribution in [0.2, 0.25) is 0 Å². The second kappa shape index (κ2) is 43.2.